The van der Waals surface area contributed by atoms with Gasteiger partial charge >= 0.3 is 113 Å². The summed E-state index contributed by atoms with van der Waals surface area (Å²) in [6, 6.07) is 34.2. The summed E-state index contributed by atoms with van der Waals surface area (Å²) in [5.74, 6) is 0. The minimum atomic E-state index is -0.488. The van der Waals surface area contributed by atoms with Crippen LogP contribution in [0.1, 0.15) is 70.2 Å². The second-order valence-electron chi connectivity index (χ2n) is 13.4. The minimum absolute atomic E-state index is 0. The molecule has 0 aromatic heterocycles. The van der Waals surface area contributed by atoms with Gasteiger partial charge in [0.25, 0.3) is 0 Å². The summed E-state index contributed by atoms with van der Waals surface area (Å²) in [6.45, 7) is 17.9. The second kappa shape index (κ2) is 16.5. The van der Waals surface area contributed by atoms with E-state index in [9.17, 15) is 0 Å². The Bertz CT molecular complexity index is 1600. The van der Waals surface area contributed by atoms with Gasteiger partial charge in [0.2, 0.25) is 0 Å². The molecule has 1 aliphatic rings. The van der Waals surface area contributed by atoms with Crippen molar-refractivity contribution in [2.24, 2.45) is 0 Å². The molecular formula is C40H44Cl2SiZr-2. The van der Waals surface area contributed by atoms with Gasteiger partial charge in [0.05, 0.1) is 0 Å². The molecule has 0 radical (unpaired) electrons. The van der Waals surface area contributed by atoms with Gasteiger partial charge in [-0.3, -0.25) is 6.08 Å². The predicted molar refractivity (Wildman–Crippen MR) is 183 cm³/mol. The molecule has 1 aliphatic carbocycles. The van der Waals surface area contributed by atoms with Crippen molar-refractivity contribution in [2.45, 2.75) is 72.6 Å². The fourth-order valence-electron chi connectivity index (χ4n) is 4.90. The minimum Gasteiger partial charge on any atom is -1.00 e. The van der Waals surface area contributed by atoms with E-state index in [1.165, 1.54) is 54.2 Å². The molecule has 6 rings (SSSR count). The fraction of sp³-hybridized carbons (Fsp3) is 0.275. The molecule has 228 valence electrons. The van der Waals surface area contributed by atoms with Gasteiger partial charge in [-0.15, -0.1) is 46.2 Å². The van der Waals surface area contributed by atoms with Crippen molar-refractivity contribution in [1.82, 2.24) is 0 Å². The Kier molecular flexibility index (Phi) is 14.3. The van der Waals surface area contributed by atoms with Gasteiger partial charge in [0.15, 0.2) is 0 Å². The van der Waals surface area contributed by atoms with Crippen LogP contribution < -0.4 is 35.2 Å². The predicted octanol–water partition coefficient (Wildman–Crippen LogP) is 3.58. The van der Waals surface area contributed by atoms with Crippen LogP contribution in [0, 0.1) is 19.9 Å². The molecule has 0 bridgehead atoms. The molecule has 5 aromatic carbocycles. The van der Waals surface area contributed by atoms with Gasteiger partial charge in [-0.05, 0) is 10.8 Å². The Labute approximate surface area is 293 Å². The summed E-state index contributed by atoms with van der Waals surface area (Å²) in [5.41, 5.74) is 5.42. The fourth-order valence-corrected chi connectivity index (χ4v) is 8.69. The maximum atomic E-state index is 2.99. The molecule has 0 heterocycles. The Balaban J connectivity index is 0.000000260. The van der Waals surface area contributed by atoms with Crippen LogP contribution in [0.2, 0.25) is 0 Å². The van der Waals surface area contributed by atoms with Crippen LogP contribution in [-0.2, 0) is 34.2 Å². The van der Waals surface area contributed by atoms with E-state index in [2.05, 4.69) is 159 Å². The molecular weight excluding hydrogens is 671 g/mol. The number of hydrogen-bond acceptors (Lipinski definition) is 0. The van der Waals surface area contributed by atoms with E-state index in [0.29, 0.717) is 0 Å². The van der Waals surface area contributed by atoms with E-state index >= 15 is 0 Å². The molecule has 0 aliphatic heterocycles. The first kappa shape index (κ1) is 38.1. The van der Waals surface area contributed by atoms with Crippen LogP contribution in [0.5, 0.6) is 0 Å². The summed E-state index contributed by atoms with van der Waals surface area (Å²) in [6.07, 6.45) is 10.0. The average molecular weight is 715 g/mol. The zero-order valence-electron chi connectivity index (χ0n) is 27.4. The van der Waals surface area contributed by atoms with Crippen LogP contribution >= 0.6 is 0 Å². The van der Waals surface area contributed by atoms with Crippen molar-refractivity contribution < 1.29 is 48.1 Å². The SMILES string of the molecule is CC(C)(C)c1ccc2c(c1)[cH-]c1cc(C(C)(C)C)ccc12.Cc1ccc([Si](=[Zr+2])c2ccc(C)cc2)cc1.[C-]1=CC=CC1.[Cl-].[Cl-]. The van der Waals surface area contributed by atoms with E-state index in [-0.39, 0.29) is 35.6 Å². The Morgan fingerprint density at radius 1 is 0.636 bits per heavy atom. The second-order valence-corrected chi connectivity index (χ2v) is 19.0. The number of fused-ring (bicyclic) bond motifs is 3. The molecule has 0 saturated heterocycles. The van der Waals surface area contributed by atoms with E-state index in [1.54, 1.807) is 23.3 Å². The molecule has 5 aromatic rings. The van der Waals surface area contributed by atoms with Crippen LogP contribution in [0.3, 0.4) is 0 Å². The van der Waals surface area contributed by atoms with Crippen molar-refractivity contribution in [3.05, 3.63) is 138 Å². The van der Waals surface area contributed by atoms with Gasteiger partial charge in [-0.2, -0.15) is 6.08 Å². The molecule has 4 heteroatoms. The van der Waals surface area contributed by atoms with Gasteiger partial charge in [-0.25, -0.2) is 12.2 Å². The number of rotatable bonds is 2. The summed E-state index contributed by atoms with van der Waals surface area (Å²) < 4.78 is 0. The summed E-state index contributed by atoms with van der Waals surface area (Å²) in [7, 11) is 0. The monoisotopic (exact) mass is 712 g/mol. The number of benzene rings is 4. The van der Waals surface area contributed by atoms with Gasteiger partial charge in [-0.1, -0.05) is 76.9 Å². The van der Waals surface area contributed by atoms with Gasteiger partial charge in [0.1, 0.15) is 0 Å². The van der Waals surface area contributed by atoms with Crippen LogP contribution in [0.15, 0.2) is 109 Å². The van der Waals surface area contributed by atoms with E-state index < -0.39 is 5.43 Å². The van der Waals surface area contributed by atoms with E-state index in [0.717, 1.165) is 6.42 Å². The van der Waals surface area contributed by atoms with Crippen molar-refractivity contribution in [3.63, 3.8) is 0 Å². The number of hydrogen-bond donors (Lipinski definition) is 0. The van der Waals surface area contributed by atoms with Crippen LogP contribution in [0.25, 0.3) is 21.5 Å². The Hall–Kier alpha value is -2.09. The van der Waals surface area contributed by atoms with Crippen LogP contribution in [0.4, 0.5) is 0 Å². The van der Waals surface area contributed by atoms with Crippen molar-refractivity contribution in [2.75, 3.05) is 0 Å². The third kappa shape index (κ3) is 10.2. The van der Waals surface area contributed by atoms with Crippen molar-refractivity contribution in [3.8, 4) is 0 Å². The molecule has 0 unspecified atom stereocenters. The van der Waals surface area contributed by atoms with Crippen molar-refractivity contribution >= 4 is 37.4 Å². The summed E-state index contributed by atoms with van der Waals surface area (Å²) >= 11 is 1.65. The summed E-state index contributed by atoms with van der Waals surface area (Å²) in [5, 5.41) is 8.53. The third-order valence-corrected chi connectivity index (χ3v) is 13.8. The molecule has 0 nitrogen and oxygen atoms in total. The normalized spacial score (nSPS) is 12.0. The molecule has 0 fully saturated rings. The average Bonchev–Trinajstić information content (AvgIpc) is 3.64. The molecule has 0 atom stereocenters. The third-order valence-electron chi connectivity index (χ3n) is 7.70. The summed E-state index contributed by atoms with van der Waals surface area (Å²) in [4.78, 5) is 0. The zero-order valence-corrected chi connectivity index (χ0v) is 32.3. The number of halogens is 2. The first-order valence-electron chi connectivity index (χ1n) is 14.9. The van der Waals surface area contributed by atoms with Gasteiger partial charge in [0, 0.05) is 0 Å². The first-order chi connectivity index (χ1) is 19.8. The maximum absolute atomic E-state index is 2.99. The molecule has 0 N–H and O–H groups in total. The Morgan fingerprint density at radius 2 is 1.05 bits per heavy atom. The largest absolute Gasteiger partial charge is 1.00 e. The first-order valence-corrected chi connectivity index (χ1v) is 20.1. The van der Waals surface area contributed by atoms with E-state index in [1.807, 2.05) is 12.2 Å². The molecule has 0 saturated carbocycles. The number of allylic oxidation sites excluding steroid dienone is 4. The molecule has 0 spiro atoms. The van der Waals surface area contributed by atoms with E-state index in [4.69, 9.17) is 0 Å². The smallest absolute Gasteiger partial charge is 0.109 e. The van der Waals surface area contributed by atoms with Gasteiger partial charge < -0.3 is 24.8 Å². The topological polar surface area (TPSA) is 0 Å². The Morgan fingerprint density at radius 3 is 1.34 bits per heavy atom. The number of aryl methyl sites for hydroxylation is 2. The van der Waals surface area contributed by atoms with Crippen molar-refractivity contribution in [1.29, 1.82) is 0 Å². The maximum Gasteiger partial charge on any atom is -0.109 e. The van der Waals surface area contributed by atoms with Crippen LogP contribution in [-0.4, -0.2) is 5.43 Å². The standard InChI is InChI=1S/C21H25.C14H14Si.C5H5.2ClH.Zr/c1-20(2,3)16-7-9-18-14(12-16)11-15-13-17(21(4,5)6)8-10-19(15)18;1-11-3-7-13(8-4-11)15-14-9-5-12(2)6-10-14;1-2-4-5-3-1;;;/h7-13H,1-6H3;3-10H,1-2H3;1-3H,4H2;2*1H;/q-1;;-1;;;+2/p-2. The molecule has 0 amide bonds. The quantitative estimate of drug-likeness (QED) is 0.194. The molecule has 44 heavy (non-hydrogen) atoms. The zero-order chi connectivity index (χ0) is 30.5.